The third-order valence-corrected chi connectivity index (χ3v) is 4.48. The lowest BCUT2D eigenvalue weighted by Crippen LogP contribution is -2.17. The number of hydrogen-bond donors (Lipinski definition) is 1. The van der Waals surface area contributed by atoms with Gasteiger partial charge < -0.3 is 19.2 Å². The fourth-order valence-corrected chi connectivity index (χ4v) is 2.99. The van der Waals surface area contributed by atoms with Crippen molar-refractivity contribution in [3.63, 3.8) is 0 Å². The van der Waals surface area contributed by atoms with Crippen LogP contribution in [0.1, 0.15) is 17.9 Å². The van der Waals surface area contributed by atoms with Gasteiger partial charge in [0.05, 0.1) is 6.61 Å². The van der Waals surface area contributed by atoms with Gasteiger partial charge in [-0.3, -0.25) is 4.98 Å². The molecule has 6 nitrogen and oxygen atoms in total. The van der Waals surface area contributed by atoms with Crippen LogP contribution in [0, 0.1) is 11.6 Å². The van der Waals surface area contributed by atoms with Crippen LogP contribution in [0.4, 0.5) is 8.78 Å². The molecule has 8 heteroatoms. The number of fused-ring (bicyclic) bond motifs is 1. The number of nitrogens with zero attached hydrogens (tertiary/aromatic N) is 2. The summed E-state index contributed by atoms with van der Waals surface area (Å²) in [5.41, 5.74) is 2.25. The van der Waals surface area contributed by atoms with Gasteiger partial charge in [-0.15, -0.1) is 0 Å². The van der Waals surface area contributed by atoms with Gasteiger partial charge in [0.2, 0.25) is 5.89 Å². The summed E-state index contributed by atoms with van der Waals surface area (Å²) in [5, 5.41) is 3.34. The summed E-state index contributed by atoms with van der Waals surface area (Å²) in [5.74, 6) is -0.641. The number of halogens is 2. The Balaban J connectivity index is 1.29. The Kier molecular flexibility index (Phi) is 6.68. The molecule has 0 atom stereocenters. The van der Waals surface area contributed by atoms with Crippen molar-refractivity contribution < 1.29 is 22.7 Å². The smallest absolute Gasteiger partial charge is 0.233 e. The van der Waals surface area contributed by atoms with Crippen LogP contribution in [-0.4, -0.2) is 23.1 Å². The molecule has 0 bridgehead atoms. The third-order valence-electron chi connectivity index (χ3n) is 4.48. The second kappa shape index (κ2) is 9.99. The molecule has 0 saturated heterocycles. The number of rotatable bonds is 10. The summed E-state index contributed by atoms with van der Waals surface area (Å²) in [4.78, 5) is 8.48. The summed E-state index contributed by atoms with van der Waals surface area (Å²) in [6.45, 7) is 1.98. The molecule has 0 fully saturated rings. The van der Waals surface area contributed by atoms with Crippen molar-refractivity contribution in [2.24, 2.45) is 0 Å². The Hall–Kier alpha value is -3.52. The van der Waals surface area contributed by atoms with E-state index in [9.17, 15) is 8.78 Å². The van der Waals surface area contributed by atoms with Gasteiger partial charge in [-0.05, 0) is 48.9 Å². The van der Waals surface area contributed by atoms with Crippen LogP contribution in [0.2, 0.25) is 0 Å². The minimum atomic E-state index is -0.780. The Bertz CT molecular complexity index is 1140. The first kappa shape index (κ1) is 20.7. The van der Waals surface area contributed by atoms with E-state index >= 15 is 0 Å². The van der Waals surface area contributed by atoms with E-state index < -0.39 is 11.6 Å². The number of nitrogens with one attached hydrogen (secondary N) is 1. The lowest BCUT2D eigenvalue weighted by atomic mass is 10.3. The number of hydrogen-bond acceptors (Lipinski definition) is 6. The first-order valence-electron chi connectivity index (χ1n) is 9.88. The topological polar surface area (TPSA) is 69.4 Å². The monoisotopic (exact) mass is 425 g/mol. The summed E-state index contributed by atoms with van der Waals surface area (Å²) in [6, 6.07) is 12.4. The van der Waals surface area contributed by atoms with E-state index in [0.29, 0.717) is 23.5 Å². The first-order valence-corrected chi connectivity index (χ1v) is 9.88. The van der Waals surface area contributed by atoms with Crippen LogP contribution in [0.15, 0.2) is 65.3 Å². The predicted molar refractivity (Wildman–Crippen MR) is 111 cm³/mol. The van der Waals surface area contributed by atoms with Gasteiger partial charge in [-0.25, -0.2) is 13.8 Å². The van der Waals surface area contributed by atoms with E-state index in [1.807, 2.05) is 30.5 Å². The number of ether oxygens (including phenoxy) is 2. The molecule has 4 aromatic rings. The maximum Gasteiger partial charge on any atom is 0.233 e. The van der Waals surface area contributed by atoms with Crippen molar-refractivity contribution in [3.05, 3.63) is 84.0 Å². The van der Waals surface area contributed by atoms with Crippen LogP contribution in [0.3, 0.4) is 0 Å². The standard InChI is InChI=1S/C23H21F2N3O3/c24-17-7-8-19(18(25)12-17)30-15-22-28-23-20(5-1-6-21(23)31-22)29-11-3-10-27-14-16-4-2-9-26-13-16/h1-2,4-9,12-13,27H,3,10-11,14-15H2. The predicted octanol–water partition coefficient (Wildman–Crippen LogP) is 4.64. The van der Waals surface area contributed by atoms with Crippen LogP contribution in [0.5, 0.6) is 11.5 Å². The zero-order valence-corrected chi connectivity index (χ0v) is 16.7. The van der Waals surface area contributed by atoms with Crippen LogP contribution in [0.25, 0.3) is 11.1 Å². The van der Waals surface area contributed by atoms with Gasteiger partial charge in [-0.1, -0.05) is 12.1 Å². The second-order valence-electron chi connectivity index (χ2n) is 6.81. The summed E-state index contributed by atoms with van der Waals surface area (Å²) < 4.78 is 43.6. The molecule has 0 saturated carbocycles. The van der Waals surface area contributed by atoms with Crippen LogP contribution in [-0.2, 0) is 13.2 Å². The van der Waals surface area contributed by atoms with Gasteiger partial charge >= 0.3 is 0 Å². The highest BCUT2D eigenvalue weighted by Crippen LogP contribution is 2.27. The highest BCUT2D eigenvalue weighted by Gasteiger charge is 2.13. The Morgan fingerprint density at radius 2 is 1.94 bits per heavy atom. The Labute approximate surface area is 177 Å². The van der Waals surface area contributed by atoms with Gasteiger partial charge in [0.25, 0.3) is 0 Å². The highest BCUT2D eigenvalue weighted by molar-refractivity contribution is 5.79. The molecule has 4 rings (SSSR count). The SMILES string of the molecule is Fc1ccc(OCc2nc3c(OCCCNCc4cccnc4)cccc3o2)c(F)c1. The Morgan fingerprint density at radius 1 is 1.00 bits per heavy atom. The second-order valence-corrected chi connectivity index (χ2v) is 6.81. The lowest BCUT2D eigenvalue weighted by molar-refractivity contribution is 0.255. The number of oxazole rings is 1. The van der Waals surface area contributed by atoms with E-state index in [1.54, 1.807) is 12.3 Å². The maximum atomic E-state index is 13.7. The van der Waals surface area contributed by atoms with E-state index in [1.165, 1.54) is 6.07 Å². The van der Waals surface area contributed by atoms with Crippen molar-refractivity contribution >= 4 is 11.1 Å². The van der Waals surface area contributed by atoms with Crippen molar-refractivity contribution in [1.82, 2.24) is 15.3 Å². The van der Waals surface area contributed by atoms with Crippen molar-refractivity contribution in [3.8, 4) is 11.5 Å². The lowest BCUT2D eigenvalue weighted by Gasteiger charge is -2.07. The van der Waals surface area contributed by atoms with Gasteiger partial charge in [0.15, 0.2) is 29.3 Å². The van der Waals surface area contributed by atoms with Crippen LogP contribution >= 0.6 is 0 Å². The normalized spacial score (nSPS) is 11.0. The first-order chi connectivity index (χ1) is 15.2. The molecule has 31 heavy (non-hydrogen) atoms. The van der Waals surface area contributed by atoms with E-state index in [0.717, 1.165) is 37.2 Å². The fraction of sp³-hybridized carbons (Fsp3) is 0.217. The molecule has 2 aromatic carbocycles. The molecule has 0 aliphatic carbocycles. The minimum Gasteiger partial charge on any atom is -0.491 e. The maximum absolute atomic E-state index is 13.7. The van der Waals surface area contributed by atoms with Crippen LogP contribution < -0.4 is 14.8 Å². The average molecular weight is 425 g/mol. The van der Waals surface area contributed by atoms with E-state index in [4.69, 9.17) is 13.9 Å². The van der Waals surface area contributed by atoms with Crippen molar-refractivity contribution in [2.45, 2.75) is 19.6 Å². The summed E-state index contributed by atoms with van der Waals surface area (Å²) in [7, 11) is 0. The quantitative estimate of drug-likeness (QED) is 0.374. The summed E-state index contributed by atoms with van der Waals surface area (Å²) in [6.07, 6.45) is 4.40. The largest absolute Gasteiger partial charge is 0.491 e. The zero-order chi connectivity index (χ0) is 21.5. The number of aromatic nitrogens is 2. The van der Waals surface area contributed by atoms with Gasteiger partial charge in [0.1, 0.15) is 11.6 Å². The van der Waals surface area contributed by atoms with E-state index in [2.05, 4.69) is 15.3 Å². The fourth-order valence-electron chi connectivity index (χ4n) is 2.99. The molecule has 1 N–H and O–H groups in total. The molecule has 0 aliphatic rings. The third kappa shape index (κ3) is 5.55. The molecule has 0 aliphatic heterocycles. The molecule has 0 unspecified atom stereocenters. The number of pyridine rings is 1. The number of benzene rings is 2. The molecule has 0 radical (unpaired) electrons. The van der Waals surface area contributed by atoms with Gasteiger partial charge in [-0.2, -0.15) is 0 Å². The zero-order valence-electron chi connectivity index (χ0n) is 16.7. The molecular weight excluding hydrogens is 404 g/mol. The molecule has 2 heterocycles. The summed E-state index contributed by atoms with van der Waals surface area (Å²) >= 11 is 0. The molecule has 2 aromatic heterocycles. The van der Waals surface area contributed by atoms with E-state index in [-0.39, 0.29) is 18.2 Å². The molecule has 160 valence electrons. The van der Waals surface area contributed by atoms with Crippen molar-refractivity contribution in [2.75, 3.05) is 13.2 Å². The minimum absolute atomic E-state index is 0.0705. The highest BCUT2D eigenvalue weighted by atomic mass is 19.1. The Morgan fingerprint density at radius 3 is 2.77 bits per heavy atom. The average Bonchev–Trinajstić information content (AvgIpc) is 3.20. The number of para-hydroxylation sites is 1. The molecular formula is C23H21F2N3O3. The van der Waals surface area contributed by atoms with Gasteiger partial charge in [0, 0.05) is 25.0 Å². The molecule has 0 spiro atoms. The molecule has 0 amide bonds. The van der Waals surface area contributed by atoms with Crippen molar-refractivity contribution in [1.29, 1.82) is 0 Å².